The van der Waals surface area contributed by atoms with Gasteiger partial charge in [0.1, 0.15) is 0 Å². The number of nitrogens with one attached hydrogen (secondary N) is 1. The second kappa shape index (κ2) is 5.50. The molecule has 0 bridgehead atoms. The number of hydrogen-bond acceptors (Lipinski definition) is 2. The van der Waals surface area contributed by atoms with Gasteiger partial charge in [0.2, 0.25) is 5.91 Å². The average Bonchev–Trinajstić information content (AvgIpc) is 2.43. The maximum Gasteiger partial charge on any atom is 0.222 e. The number of carbonyl (C=O) groups excluding carboxylic acids is 1. The van der Waals surface area contributed by atoms with Crippen LogP contribution in [-0.2, 0) is 4.79 Å². The van der Waals surface area contributed by atoms with E-state index in [1.54, 1.807) is 0 Å². The lowest BCUT2D eigenvalue weighted by molar-refractivity contribution is -0.131. The van der Waals surface area contributed by atoms with E-state index in [1.165, 1.54) is 25.7 Å². The Labute approximate surface area is 92.2 Å². The number of likely N-dealkylation sites (tertiary alicyclic amines) is 1. The third-order valence-corrected chi connectivity index (χ3v) is 3.59. The molecule has 15 heavy (non-hydrogen) atoms. The summed E-state index contributed by atoms with van der Waals surface area (Å²) in [6.45, 7) is 4.24. The molecule has 0 atom stereocenters. The van der Waals surface area contributed by atoms with Gasteiger partial charge in [0.25, 0.3) is 0 Å². The molecule has 0 radical (unpaired) electrons. The molecule has 0 aromatic rings. The van der Waals surface area contributed by atoms with Crippen molar-refractivity contribution in [3.05, 3.63) is 0 Å². The molecule has 86 valence electrons. The summed E-state index contributed by atoms with van der Waals surface area (Å²) in [7, 11) is 0. The predicted molar refractivity (Wildman–Crippen MR) is 60.6 cm³/mol. The van der Waals surface area contributed by atoms with Gasteiger partial charge >= 0.3 is 0 Å². The van der Waals surface area contributed by atoms with E-state index in [9.17, 15) is 4.79 Å². The van der Waals surface area contributed by atoms with Gasteiger partial charge in [-0.25, -0.2) is 0 Å². The van der Waals surface area contributed by atoms with Crippen LogP contribution in [0.3, 0.4) is 0 Å². The molecule has 0 aromatic heterocycles. The Bertz CT molecular complexity index is 206. The van der Waals surface area contributed by atoms with Crippen molar-refractivity contribution in [2.45, 2.75) is 38.5 Å². The standard InChI is InChI=1S/C12H22N2O/c15-12(6-5-11-9-13-10-11)14-7-3-1-2-4-8-14/h11,13H,1-10H2. The van der Waals surface area contributed by atoms with Crippen LogP contribution in [-0.4, -0.2) is 37.0 Å². The highest BCUT2D eigenvalue weighted by atomic mass is 16.2. The highest BCUT2D eigenvalue weighted by Crippen LogP contribution is 2.15. The Kier molecular flexibility index (Phi) is 4.01. The van der Waals surface area contributed by atoms with Gasteiger partial charge in [0, 0.05) is 19.5 Å². The molecule has 3 heteroatoms. The van der Waals surface area contributed by atoms with E-state index >= 15 is 0 Å². The van der Waals surface area contributed by atoms with Gasteiger partial charge in [-0.3, -0.25) is 4.79 Å². The summed E-state index contributed by atoms with van der Waals surface area (Å²) >= 11 is 0. The summed E-state index contributed by atoms with van der Waals surface area (Å²) < 4.78 is 0. The molecule has 2 heterocycles. The van der Waals surface area contributed by atoms with Gasteiger partial charge in [0.05, 0.1) is 0 Å². The Morgan fingerprint density at radius 1 is 1.13 bits per heavy atom. The van der Waals surface area contributed by atoms with Gasteiger partial charge in [0.15, 0.2) is 0 Å². The summed E-state index contributed by atoms with van der Waals surface area (Å²) in [5.41, 5.74) is 0. The molecule has 3 nitrogen and oxygen atoms in total. The highest BCUT2D eigenvalue weighted by molar-refractivity contribution is 5.76. The molecular weight excluding hydrogens is 188 g/mol. The molecule has 2 saturated heterocycles. The van der Waals surface area contributed by atoms with Crippen molar-refractivity contribution in [3.8, 4) is 0 Å². The third kappa shape index (κ3) is 3.20. The van der Waals surface area contributed by atoms with Gasteiger partial charge in [-0.15, -0.1) is 0 Å². The largest absolute Gasteiger partial charge is 0.343 e. The van der Waals surface area contributed by atoms with Crippen LogP contribution in [0.1, 0.15) is 38.5 Å². The van der Waals surface area contributed by atoms with E-state index in [-0.39, 0.29) is 0 Å². The SMILES string of the molecule is O=C(CCC1CNC1)N1CCCCCC1. The van der Waals surface area contributed by atoms with E-state index in [4.69, 9.17) is 0 Å². The fraction of sp³-hybridized carbons (Fsp3) is 0.917. The van der Waals surface area contributed by atoms with Crippen LogP contribution < -0.4 is 5.32 Å². The second-order valence-electron chi connectivity index (χ2n) is 4.86. The molecule has 0 saturated carbocycles. The van der Waals surface area contributed by atoms with E-state index < -0.39 is 0 Å². The summed E-state index contributed by atoms with van der Waals surface area (Å²) in [4.78, 5) is 14.0. The molecular formula is C12H22N2O. The highest BCUT2D eigenvalue weighted by Gasteiger charge is 2.20. The zero-order valence-electron chi connectivity index (χ0n) is 9.50. The Hall–Kier alpha value is -0.570. The summed E-state index contributed by atoms with van der Waals surface area (Å²) in [5, 5.41) is 3.25. The van der Waals surface area contributed by atoms with E-state index in [0.29, 0.717) is 5.91 Å². The van der Waals surface area contributed by atoms with Crippen LogP contribution in [0.25, 0.3) is 0 Å². The average molecular weight is 210 g/mol. The first-order chi connectivity index (χ1) is 7.36. The van der Waals surface area contributed by atoms with Gasteiger partial charge in [-0.2, -0.15) is 0 Å². The third-order valence-electron chi connectivity index (χ3n) is 3.59. The number of nitrogens with zero attached hydrogens (tertiary/aromatic N) is 1. The second-order valence-corrected chi connectivity index (χ2v) is 4.86. The fourth-order valence-electron chi connectivity index (χ4n) is 2.36. The topological polar surface area (TPSA) is 32.3 Å². The smallest absolute Gasteiger partial charge is 0.222 e. The van der Waals surface area contributed by atoms with Crippen LogP contribution in [0, 0.1) is 5.92 Å². The normalized spacial score (nSPS) is 23.3. The zero-order valence-corrected chi connectivity index (χ0v) is 9.50. The minimum Gasteiger partial charge on any atom is -0.343 e. The molecule has 2 fully saturated rings. The Morgan fingerprint density at radius 2 is 1.80 bits per heavy atom. The van der Waals surface area contributed by atoms with Crippen molar-refractivity contribution in [1.29, 1.82) is 0 Å². The molecule has 0 spiro atoms. The molecule has 2 rings (SSSR count). The van der Waals surface area contributed by atoms with E-state index in [1.807, 2.05) is 0 Å². The Morgan fingerprint density at radius 3 is 2.33 bits per heavy atom. The summed E-state index contributed by atoms with van der Waals surface area (Å²) in [5.74, 6) is 1.16. The predicted octanol–water partition coefficient (Wildman–Crippen LogP) is 1.39. The van der Waals surface area contributed by atoms with Crippen molar-refractivity contribution >= 4 is 5.91 Å². The maximum atomic E-state index is 11.9. The van der Waals surface area contributed by atoms with Gasteiger partial charge in [-0.1, -0.05) is 12.8 Å². The van der Waals surface area contributed by atoms with Crippen molar-refractivity contribution in [2.75, 3.05) is 26.2 Å². The molecule has 2 aliphatic heterocycles. The minimum atomic E-state index is 0.392. The van der Waals surface area contributed by atoms with Crippen LogP contribution in [0.2, 0.25) is 0 Å². The van der Waals surface area contributed by atoms with E-state index in [2.05, 4.69) is 10.2 Å². The van der Waals surface area contributed by atoms with Crippen molar-refractivity contribution in [1.82, 2.24) is 10.2 Å². The van der Waals surface area contributed by atoms with Crippen LogP contribution >= 0.6 is 0 Å². The van der Waals surface area contributed by atoms with Gasteiger partial charge in [-0.05, 0) is 38.3 Å². The lowest BCUT2D eigenvalue weighted by Gasteiger charge is -2.28. The van der Waals surface area contributed by atoms with Crippen LogP contribution in [0.15, 0.2) is 0 Å². The lowest BCUT2D eigenvalue weighted by Crippen LogP contribution is -2.42. The van der Waals surface area contributed by atoms with Crippen LogP contribution in [0.5, 0.6) is 0 Å². The number of hydrogen-bond donors (Lipinski definition) is 1. The molecule has 0 unspecified atom stereocenters. The maximum absolute atomic E-state index is 11.9. The van der Waals surface area contributed by atoms with Crippen molar-refractivity contribution in [2.24, 2.45) is 5.92 Å². The summed E-state index contributed by atoms with van der Waals surface area (Å²) in [6.07, 6.45) is 6.87. The molecule has 1 amide bonds. The summed E-state index contributed by atoms with van der Waals surface area (Å²) in [6, 6.07) is 0. The molecule has 1 N–H and O–H groups in total. The van der Waals surface area contributed by atoms with Crippen molar-refractivity contribution < 1.29 is 4.79 Å². The van der Waals surface area contributed by atoms with Crippen molar-refractivity contribution in [3.63, 3.8) is 0 Å². The van der Waals surface area contributed by atoms with Gasteiger partial charge < -0.3 is 10.2 Å². The monoisotopic (exact) mass is 210 g/mol. The number of carbonyl (C=O) groups is 1. The molecule has 2 aliphatic rings. The number of rotatable bonds is 3. The first kappa shape index (κ1) is 10.9. The fourth-order valence-corrected chi connectivity index (χ4v) is 2.36. The number of amides is 1. The Balaban J connectivity index is 1.68. The van der Waals surface area contributed by atoms with E-state index in [0.717, 1.165) is 44.9 Å². The molecule has 0 aliphatic carbocycles. The minimum absolute atomic E-state index is 0.392. The molecule has 0 aromatic carbocycles. The quantitative estimate of drug-likeness (QED) is 0.763. The zero-order chi connectivity index (χ0) is 10.5. The van der Waals surface area contributed by atoms with Crippen LogP contribution in [0.4, 0.5) is 0 Å². The first-order valence-corrected chi connectivity index (χ1v) is 6.35. The lowest BCUT2D eigenvalue weighted by atomic mass is 9.97. The first-order valence-electron chi connectivity index (χ1n) is 6.35.